The van der Waals surface area contributed by atoms with Gasteiger partial charge in [-0.25, -0.2) is 4.79 Å². The molecule has 0 saturated carbocycles. The third kappa shape index (κ3) is 5.19. The van der Waals surface area contributed by atoms with Gasteiger partial charge in [0.15, 0.2) is 0 Å². The second-order valence-corrected chi connectivity index (χ2v) is 5.76. The molecule has 0 aliphatic heterocycles. The van der Waals surface area contributed by atoms with Gasteiger partial charge >= 0.3 is 5.97 Å². The van der Waals surface area contributed by atoms with Gasteiger partial charge in [-0.2, -0.15) is 5.26 Å². The fourth-order valence-corrected chi connectivity index (χ4v) is 2.15. The van der Waals surface area contributed by atoms with Crippen molar-refractivity contribution in [1.29, 1.82) is 5.26 Å². The van der Waals surface area contributed by atoms with Crippen molar-refractivity contribution in [2.45, 2.75) is 0 Å². The Labute approximate surface area is 153 Å². The van der Waals surface area contributed by atoms with Gasteiger partial charge in [-0.3, -0.25) is 4.79 Å². The van der Waals surface area contributed by atoms with Crippen LogP contribution in [0.2, 0.25) is 0 Å². The molecule has 25 heavy (non-hydrogen) atoms. The maximum absolute atomic E-state index is 12.1. The average Bonchev–Trinajstić information content (AvgIpc) is 2.63. The molecular formula is C18H14BrN3O3. The van der Waals surface area contributed by atoms with E-state index in [0.717, 1.165) is 4.47 Å². The lowest BCUT2D eigenvalue weighted by Crippen LogP contribution is -2.14. The summed E-state index contributed by atoms with van der Waals surface area (Å²) in [5, 5.41) is 14.6. The van der Waals surface area contributed by atoms with Crippen molar-refractivity contribution in [2.75, 3.05) is 17.7 Å². The van der Waals surface area contributed by atoms with Crippen molar-refractivity contribution < 1.29 is 14.3 Å². The summed E-state index contributed by atoms with van der Waals surface area (Å²) in [6.07, 6.45) is 1.28. The molecule has 0 radical (unpaired) electrons. The molecule has 0 aromatic heterocycles. The number of nitrogens with one attached hydrogen (secondary N) is 2. The van der Waals surface area contributed by atoms with Crippen molar-refractivity contribution in [3.63, 3.8) is 0 Å². The molecule has 0 atom stereocenters. The summed E-state index contributed by atoms with van der Waals surface area (Å²) in [6.45, 7) is 0. The number of carbonyl (C=O) groups excluding carboxylic acids is 2. The fourth-order valence-electron chi connectivity index (χ4n) is 1.89. The summed E-state index contributed by atoms with van der Waals surface area (Å²) < 4.78 is 5.53. The maximum Gasteiger partial charge on any atom is 0.337 e. The number of benzene rings is 2. The zero-order valence-electron chi connectivity index (χ0n) is 13.2. The van der Waals surface area contributed by atoms with Gasteiger partial charge in [-0.1, -0.05) is 22.0 Å². The third-order valence-electron chi connectivity index (χ3n) is 3.13. The summed E-state index contributed by atoms with van der Waals surface area (Å²) in [6, 6.07) is 15.3. The highest BCUT2D eigenvalue weighted by atomic mass is 79.9. The SMILES string of the molecule is COC(=O)c1cccc(N/C=C(/C#N)C(=O)Nc2ccc(Br)cc2)c1. The molecule has 6 nitrogen and oxygen atoms in total. The standard InChI is InChI=1S/C18H14BrN3O3/c1-25-18(24)12-3-2-4-16(9-12)21-11-13(10-20)17(23)22-15-7-5-14(19)6-8-15/h2-9,11,21H,1H3,(H,22,23)/b13-11-. The number of halogens is 1. The van der Waals surface area contributed by atoms with Crippen LogP contribution in [0.4, 0.5) is 11.4 Å². The Morgan fingerprint density at radius 2 is 1.88 bits per heavy atom. The van der Waals surface area contributed by atoms with Crippen LogP contribution in [0, 0.1) is 11.3 Å². The molecule has 1 amide bonds. The second-order valence-electron chi connectivity index (χ2n) is 4.85. The number of methoxy groups -OCH3 is 1. The Bertz CT molecular complexity index is 855. The van der Waals surface area contributed by atoms with Crippen molar-refractivity contribution >= 4 is 39.2 Å². The Balaban J connectivity index is 2.09. The topological polar surface area (TPSA) is 91.2 Å². The van der Waals surface area contributed by atoms with Crippen molar-refractivity contribution in [1.82, 2.24) is 0 Å². The number of ether oxygens (including phenoxy) is 1. The van der Waals surface area contributed by atoms with Crippen molar-refractivity contribution in [3.8, 4) is 6.07 Å². The number of carbonyl (C=O) groups is 2. The van der Waals surface area contributed by atoms with Gasteiger partial charge in [0.05, 0.1) is 12.7 Å². The van der Waals surface area contributed by atoms with E-state index in [9.17, 15) is 14.9 Å². The average molecular weight is 400 g/mol. The monoisotopic (exact) mass is 399 g/mol. The Hall–Kier alpha value is -3.11. The lowest BCUT2D eigenvalue weighted by Gasteiger charge is -2.06. The zero-order chi connectivity index (χ0) is 18.2. The second kappa shape index (κ2) is 8.66. The van der Waals surface area contributed by atoms with Crippen LogP contribution in [0.25, 0.3) is 0 Å². The quantitative estimate of drug-likeness (QED) is 0.454. The normalized spacial score (nSPS) is 10.5. The summed E-state index contributed by atoms with van der Waals surface area (Å²) in [5.74, 6) is -1.01. The van der Waals surface area contributed by atoms with E-state index in [-0.39, 0.29) is 5.57 Å². The molecular weight excluding hydrogens is 386 g/mol. The van der Waals surface area contributed by atoms with Gasteiger partial charge in [0, 0.05) is 22.0 Å². The minimum atomic E-state index is -0.540. The first-order chi connectivity index (χ1) is 12.0. The fraction of sp³-hybridized carbons (Fsp3) is 0.0556. The number of amides is 1. The van der Waals surface area contributed by atoms with E-state index >= 15 is 0 Å². The number of rotatable bonds is 5. The molecule has 0 aliphatic rings. The van der Waals surface area contributed by atoms with Crippen LogP contribution in [0.15, 0.2) is 64.8 Å². The number of esters is 1. The minimum absolute atomic E-state index is 0.105. The Morgan fingerprint density at radius 1 is 1.16 bits per heavy atom. The maximum atomic E-state index is 12.1. The molecule has 2 aromatic rings. The number of hydrogen-bond donors (Lipinski definition) is 2. The van der Waals surface area contributed by atoms with Crippen LogP contribution in [0.1, 0.15) is 10.4 Å². The van der Waals surface area contributed by atoms with Gasteiger partial charge in [-0.05, 0) is 42.5 Å². The van der Waals surface area contributed by atoms with E-state index in [1.807, 2.05) is 6.07 Å². The number of nitriles is 1. The van der Waals surface area contributed by atoms with Crippen molar-refractivity contribution in [3.05, 3.63) is 70.3 Å². The summed E-state index contributed by atoms with van der Waals surface area (Å²) in [4.78, 5) is 23.7. The van der Waals surface area contributed by atoms with Crippen LogP contribution < -0.4 is 10.6 Å². The van der Waals surface area contributed by atoms with Gasteiger partial charge in [0.25, 0.3) is 5.91 Å². The summed E-state index contributed by atoms with van der Waals surface area (Å²) >= 11 is 3.31. The highest BCUT2D eigenvalue weighted by Crippen LogP contribution is 2.15. The first-order valence-electron chi connectivity index (χ1n) is 7.15. The van der Waals surface area contributed by atoms with Crippen LogP contribution >= 0.6 is 15.9 Å². The highest BCUT2D eigenvalue weighted by Gasteiger charge is 2.10. The molecule has 0 fully saturated rings. The molecule has 0 saturated heterocycles. The first-order valence-corrected chi connectivity index (χ1v) is 7.95. The van der Waals surface area contributed by atoms with E-state index in [2.05, 4.69) is 31.3 Å². The van der Waals surface area contributed by atoms with Crippen LogP contribution in [-0.2, 0) is 9.53 Å². The first kappa shape index (κ1) is 18.2. The number of anilines is 2. The van der Waals surface area contributed by atoms with Gasteiger partial charge in [0.2, 0.25) is 0 Å². The molecule has 2 N–H and O–H groups in total. The van der Waals surface area contributed by atoms with Crippen LogP contribution in [-0.4, -0.2) is 19.0 Å². The Kier molecular flexibility index (Phi) is 6.32. The molecule has 0 aliphatic carbocycles. The molecule has 0 heterocycles. The zero-order valence-corrected chi connectivity index (χ0v) is 14.8. The number of hydrogen-bond acceptors (Lipinski definition) is 5. The highest BCUT2D eigenvalue weighted by molar-refractivity contribution is 9.10. The molecule has 126 valence electrons. The number of nitrogens with zero attached hydrogens (tertiary/aromatic N) is 1. The van der Waals surface area contributed by atoms with E-state index in [1.165, 1.54) is 13.3 Å². The predicted octanol–water partition coefficient (Wildman–Crippen LogP) is 3.69. The molecule has 0 bridgehead atoms. The minimum Gasteiger partial charge on any atom is -0.465 e. The molecule has 0 spiro atoms. The molecule has 2 rings (SSSR count). The van der Waals surface area contributed by atoms with E-state index in [4.69, 9.17) is 0 Å². The van der Waals surface area contributed by atoms with Crippen molar-refractivity contribution in [2.24, 2.45) is 0 Å². The molecule has 2 aromatic carbocycles. The van der Waals surface area contributed by atoms with Gasteiger partial charge < -0.3 is 15.4 Å². The van der Waals surface area contributed by atoms with E-state index < -0.39 is 11.9 Å². The van der Waals surface area contributed by atoms with E-state index in [0.29, 0.717) is 16.9 Å². The third-order valence-corrected chi connectivity index (χ3v) is 3.66. The smallest absolute Gasteiger partial charge is 0.337 e. The predicted molar refractivity (Wildman–Crippen MR) is 97.9 cm³/mol. The van der Waals surface area contributed by atoms with Crippen LogP contribution in [0.5, 0.6) is 0 Å². The Morgan fingerprint density at radius 3 is 2.52 bits per heavy atom. The lowest BCUT2D eigenvalue weighted by atomic mass is 10.2. The van der Waals surface area contributed by atoms with Gasteiger partial charge in [-0.15, -0.1) is 0 Å². The van der Waals surface area contributed by atoms with E-state index in [1.54, 1.807) is 48.5 Å². The van der Waals surface area contributed by atoms with Gasteiger partial charge in [0.1, 0.15) is 11.6 Å². The summed E-state index contributed by atoms with van der Waals surface area (Å²) in [7, 11) is 1.29. The largest absolute Gasteiger partial charge is 0.465 e. The molecule has 7 heteroatoms. The molecule has 0 unspecified atom stereocenters. The lowest BCUT2D eigenvalue weighted by molar-refractivity contribution is -0.112. The van der Waals surface area contributed by atoms with Crippen LogP contribution in [0.3, 0.4) is 0 Å². The summed E-state index contributed by atoms with van der Waals surface area (Å²) in [5.41, 5.74) is 1.37.